The summed E-state index contributed by atoms with van der Waals surface area (Å²) >= 11 is 7.60. The molecule has 2 aromatic rings. The van der Waals surface area contributed by atoms with Gasteiger partial charge >= 0.3 is 0 Å². The Balaban J connectivity index is 2.25. The van der Waals surface area contributed by atoms with Crippen molar-refractivity contribution in [1.82, 2.24) is 9.97 Å². The minimum atomic E-state index is 0.115. The topological polar surface area (TPSA) is 54.7 Å². The van der Waals surface area contributed by atoms with Crippen molar-refractivity contribution in [3.63, 3.8) is 0 Å². The first kappa shape index (κ1) is 12.5. The van der Waals surface area contributed by atoms with Gasteiger partial charge in [-0.25, -0.2) is 4.98 Å². The summed E-state index contributed by atoms with van der Waals surface area (Å²) < 4.78 is 0. The maximum Gasteiger partial charge on any atom is 0.170 e. The number of nitrogens with one attached hydrogen (secondary N) is 1. The van der Waals surface area contributed by atoms with Crippen LogP contribution in [0.1, 0.15) is 12.5 Å². The highest BCUT2D eigenvalue weighted by molar-refractivity contribution is 7.99. The maximum absolute atomic E-state index is 6.01. The molecule has 0 saturated carbocycles. The van der Waals surface area contributed by atoms with Crippen LogP contribution in [0.25, 0.3) is 0 Å². The molecular formula is C12H14ClN3S. The number of imidazole rings is 1. The summed E-state index contributed by atoms with van der Waals surface area (Å²) in [6.45, 7) is 1.99. The van der Waals surface area contributed by atoms with E-state index < -0.39 is 0 Å². The highest BCUT2D eigenvalue weighted by Gasteiger charge is 2.08. The summed E-state index contributed by atoms with van der Waals surface area (Å²) in [5.74, 6) is 0. The van der Waals surface area contributed by atoms with E-state index in [9.17, 15) is 0 Å². The van der Waals surface area contributed by atoms with Gasteiger partial charge in [0, 0.05) is 28.4 Å². The van der Waals surface area contributed by atoms with Crippen molar-refractivity contribution in [1.29, 1.82) is 0 Å². The first-order valence-corrected chi connectivity index (χ1v) is 6.56. The lowest BCUT2D eigenvalue weighted by atomic mass is 10.1. The zero-order valence-corrected chi connectivity index (χ0v) is 11.1. The van der Waals surface area contributed by atoms with E-state index >= 15 is 0 Å². The van der Waals surface area contributed by atoms with Gasteiger partial charge in [0.2, 0.25) is 0 Å². The molecular weight excluding hydrogens is 254 g/mol. The van der Waals surface area contributed by atoms with Crippen LogP contribution < -0.4 is 5.73 Å². The summed E-state index contributed by atoms with van der Waals surface area (Å²) in [5.41, 5.74) is 7.00. The standard InChI is InChI=1S/C12H14ClN3S/c1-8(14)6-9-7-10(13)2-3-11(9)17-12-15-4-5-16-12/h2-5,7-8H,6,14H2,1H3,(H,15,16). The van der Waals surface area contributed by atoms with Crippen LogP contribution in [0.15, 0.2) is 40.6 Å². The van der Waals surface area contributed by atoms with Crippen LogP contribution in [0.2, 0.25) is 5.02 Å². The molecule has 0 saturated heterocycles. The second-order valence-corrected chi connectivity index (χ2v) is 5.40. The second kappa shape index (κ2) is 5.58. The third-order valence-corrected chi connectivity index (χ3v) is 3.51. The van der Waals surface area contributed by atoms with E-state index in [0.29, 0.717) is 0 Å². The molecule has 0 fully saturated rings. The lowest BCUT2D eigenvalue weighted by Crippen LogP contribution is -2.18. The van der Waals surface area contributed by atoms with Crippen molar-refractivity contribution in [2.24, 2.45) is 5.73 Å². The van der Waals surface area contributed by atoms with E-state index in [2.05, 4.69) is 9.97 Å². The number of aromatic amines is 1. The van der Waals surface area contributed by atoms with Crippen LogP contribution >= 0.6 is 23.4 Å². The van der Waals surface area contributed by atoms with E-state index in [1.54, 1.807) is 18.0 Å². The fourth-order valence-electron chi connectivity index (χ4n) is 1.56. The number of aromatic nitrogens is 2. The van der Waals surface area contributed by atoms with E-state index in [1.165, 1.54) is 0 Å². The zero-order valence-electron chi connectivity index (χ0n) is 9.48. The number of benzene rings is 1. The van der Waals surface area contributed by atoms with Gasteiger partial charge in [0.05, 0.1) is 0 Å². The van der Waals surface area contributed by atoms with Crippen molar-refractivity contribution < 1.29 is 0 Å². The fourth-order valence-corrected chi connectivity index (χ4v) is 2.62. The molecule has 3 N–H and O–H groups in total. The molecule has 5 heteroatoms. The third-order valence-electron chi connectivity index (χ3n) is 2.24. The Morgan fingerprint density at radius 3 is 3.00 bits per heavy atom. The molecule has 0 spiro atoms. The number of hydrogen-bond donors (Lipinski definition) is 2. The summed E-state index contributed by atoms with van der Waals surface area (Å²) in [5, 5.41) is 1.61. The van der Waals surface area contributed by atoms with Gasteiger partial charge in [0.15, 0.2) is 5.16 Å². The molecule has 0 amide bonds. The summed E-state index contributed by atoms with van der Waals surface area (Å²) in [7, 11) is 0. The number of halogens is 1. The molecule has 0 bridgehead atoms. The van der Waals surface area contributed by atoms with Crippen LogP contribution in [0.4, 0.5) is 0 Å². The van der Waals surface area contributed by atoms with E-state index in [0.717, 1.165) is 27.1 Å². The van der Waals surface area contributed by atoms with Crippen molar-refractivity contribution in [2.45, 2.75) is 29.4 Å². The van der Waals surface area contributed by atoms with E-state index in [4.69, 9.17) is 17.3 Å². The van der Waals surface area contributed by atoms with E-state index in [1.807, 2.05) is 31.3 Å². The Labute approximate surface area is 110 Å². The molecule has 1 unspecified atom stereocenters. The van der Waals surface area contributed by atoms with Gasteiger partial charge in [0.1, 0.15) is 0 Å². The van der Waals surface area contributed by atoms with Crippen LogP contribution in [0.3, 0.4) is 0 Å². The van der Waals surface area contributed by atoms with Gasteiger partial charge in [-0.15, -0.1) is 0 Å². The average Bonchev–Trinajstić information content (AvgIpc) is 2.74. The molecule has 2 rings (SSSR count). The summed E-state index contributed by atoms with van der Waals surface area (Å²) in [6, 6.07) is 5.98. The lowest BCUT2D eigenvalue weighted by Gasteiger charge is -2.10. The monoisotopic (exact) mass is 267 g/mol. The molecule has 90 valence electrons. The van der Waals surface area contributed by atoms with Crippen molar-refractivity contribution in [3.05, 3.63) is 41.2 Å². The third kappa shape index (κ3) is 3.49. The highest BCUT2D eigenvalue weighted by atomic mass is 35.5. The van der Waals surface area contributed by atoms with Crippen LogP contribution in [0.5, 0.6) is 0 Å². The fraction of sp³-hybridized carbons (Fsp3) is 0.250. The molecule has 0 radical (unpaired) electrons. The second-order valence-electron chi connectivity index (χ2n) is 3.93. The normalized spacial score (nSPS) is 12.6. The molecule has 17 heavy (non-hydrogen) atoms. The van der Waals surface area contributed by atoms with Gasteiger partial charge in [0.25, 0.3) is 0 Å². The molecule has 0 aliphatic carbocycles. The Hall–Kier alpha value is -0.970. The smallest absolute Gasteiger partial charge is 0.170 e. The van der Waals surface area contributed by atoms with Gasteiger partial charge in [-0.1, -0.05) is 23.4 Å². The number of rotatable bonds is 4. The molecule has 0 aliphatic rings. The van der Waals surface area contributed by atoms with Crippen LogP contribution in [-0.2, 0) is 6.42 Å². The zero-order chi connectivity index (χ0) is 12.3. The largest absolute Gasteiger partial charge is 0.339 e. The minimum absolute atomic E-state index is 0.115. The number of H-pyrrole nitrogens is 1. The highest BCUT2D eigenvalue weighted by Crippen LogP contribution is 2.30. The van der Waals surface area contributed by atoms with Gasteiger partial charge in [-0.3, -0.25) is 0 Å². The first-order valence-electron chi connectivity index (χ1n) is 5.36. The lowest BCUT2D eigenvalue weighted by molar-refractivity contribution is 0.729. The SMILES string of the molecule is CC(N)Cc1cc(Cl)ccc1Sc1ncc[nH]1. The minimum Gasteiger partial charge on any atom is -0.339 e. The number of nitrogens with zero attached hydrogens (tertiary/aromatic N) is 1. The van der Waals surface area contributed by atoms with E-state index in [-0.39, 0.29) is 6.04 Å². The summed E-state index contributed by atoms with van der Waals surface area (Å²) in [4.78, 5) is 8.41. The Morgan fingerprint density at radius 2 is 2.35 bits per heavy atom. The molecule has 1 heterocycles. The van der Waals surface area contributed by atoms with Crippen molar-refractivity contribution in [3.8, 4) is 0 Å². The Bertz CT molecular complexity index is 483. The molecule has 1 aromatic heterocycles. The van der Waals surface area contributed by atoms with Crippen LogP contribution in [0, 0.1) is 0 Å². The van der Waals surface area contributed by atoms with Gasteiger partial charge < -0.3 is 10.7 Å². The quantitative estimate of drug-likeness (QED) is 0.895. The molecule has 0 aliphatic heterocycles. The number of nitrogens with two attached hydrogens (primary N) is 1. The average molecular weight is 268 g/mol. The van der Waals surface area contributed by atoms with Gasteiger partial charge in [-0.05, 0) is 37.1 Å². The Kier molecular flexibility index (Phi) is 4.10. The maximum atomic E-state index is 6.01. The van der Waals surface area contributed by atoms with Crippen molar-refractivity contribution >= 4 is 23.4 Å². The molecule has 3 nitrogen and oxygen atoms in total. The molecule has 1 atom stereocenters. The predicted octanol–water partition coefficient (Wildman–Crippen LogP) is 3.10. The van der Waals surface area contributed by atoms with Gasteiger partial charge in [-0.2, -0.15) is 0 Å². The molecule has 1 aromatic carbocycles. The first-order chi connectivity index (χ1) is 8.15. The number of hydrogen-bond acceptors (Lipinski definition) is 3. The summed E-state index contributed by atoms with van der Waals surface area (Å²) in [6.07, 6.45) is 4.36. The van der Waals surface area contributed by atoms with Crippen LogP contribution in [-0.4, -0.2) is 16.0 Å². The van der Waals surface area contributed by atoms with Crippen molar-refractivity contribution in [2.75, 3.05) is 0 Å². The Morgan fingerprint density at radius 1 is 1.53 bits per heavy atom. The predicted molar refractivity (Wildman–Crippen MR) is 71.5 cm³/mol.